The molecule has 0 aliphatic heterocycles. The SMILES string of the molecule is CN(c1ccc(-c2ccc(-c3ccn(C)c(=O)n3)cc2O)nn1)C1C[C@]2(C)CCC[C@](C)(C1)C2. The number of nitrogens with zero attached hydrogens (tertiary/aromatic N) is 5. The Hall–Kier alpha value is -3.22. The minimum atomic E-state index is -0.337. The van der Waals surface area contributed by atoms with Gasteiger partial charge >= 0.3 is 5.69 Å². The normalized spacial score (nSPS) is 26.3. The second kappa shape index (κ2) is 8.22. The van der Waals surface area contributed by atoms with Crippen LogP contribution in [0.3, 0.4) is 0 Å². The van der Waals surface area contributed by atoms with Gasteiger partial charge in [-0.1, -0.05) is 26.3 Å². The molecule has 1 aromatic carbocycles. The highest BCUT2D eigenvalue weighted by Gasteiger charge is 2.47. The first-order valence-electron chi connectivity index (χ1n) is 12.1. The fourth-order valence-corrected chi connectivity index (χ4v) is 6.36. The van der Waals surface area contributed by atoms with Gasteiger partial charge in [-0.3, -0.25) is 0 Å². The maximum atomic E-state index is 11.8. The van der Waals surface area contributed by atoms with Crippen LogP contribution in [0.1, 0.15) is 52.4 Å². The van der Waals surface area contributed by atoms with Crippen LogP contribution in [-0.4, -0.2) is 37.9 Å². The minimum Gasteiger partial charge on any atom is -0.507 e. The Balaban J connectivity index is 1.36. The van der Waals surface area contributed by atoms with Crippen LogP contribution in [0.25, 0.3) is 22.5 Å². The molecule has 0 saturated heterocycles. The van der Waals surface area contributed by atoms with Gasteiger partial charge in [0.25, 0.3) is 0 Å². The topological polar surface area (TPSA) is 84.1 Å². The number of fused-ring (bicyclic) bond motifs is 2. The number of anilines is 1. The van der Waals surface area contributed by atoms with E-state index >= 15 is 0 Å². The van der Waals surface area contributed by atoms with E-state index in [0.29, 0.717) is 39.4 Å². The average Bonchev–Trinajstić information content (AvgIpc) is 2.79. The number of phenols is 1. The van der Waals surface area contributed by atoms with E-state index < -0.39 is 0 Å². The van der Waals surface area contributed by atoms with Crippen molar-refractivity contribution in [3.8, 4) is 28.3 Å². The third-order valence-electron chi connectivity index (χ3n) is 7.97. The van der Waals surface area contributed by atoms with E-state index in [2.05, 4.69) is 41.0 Å². The fraction of sp³-hybridized carbons (Fsp3) is 0.481. The summed E-state index contributed by atoms with van der Waals surface area (Å²) < 4.78 is 1.41. The Morgan fingerprint density at radius 2 is 1.76 bits per heavy atom. The monoisotopic (exact) mass is 459 g/mol. The van der Waals surface area contributed by atoms with E-state index in [9.17, 15) is 9.90 Å². The molecule has 3 aromatic rings. The fourth-order valence-electron chi connectivity index (χ4n) is 6.36. The first-order chi connectivity index (χ1) is 16.1. The summed E-state index contributed by atoms with van der Waals surface area (Å²) in [6.07, 6.45) is 9.37. The molecule has 0 amide bonds. The number of hydrogen-bond donors (Lipinski definition) is 1. The predicted molar refractivity (Wildman–Crippen MR) is 134 cm³/mol. The van der Waals surface area contributed by atoms with Crippen LogP contribution in [0.5, 0.6) is 5.75 Å². The van der Waals surface area contributed by atoms with Crippen molar-refractivity contribution in [3.63, 3.8) is 0 Å². The van der Waals surface area contributed by atoms with Crippen molar-refractivity contribution in [2.45, 2.75) is 58.4 Å². The maximum absolute atomic E-state index is 11.8. The van der Waals surface area contributed by atoms with Gasteiger partial charge in [0.15, 0.2) is 5.82 Å². The summed E-state index contributed by atoms with van der Waals surface area (Å²) in [7, 11) is 3.78. The van der Waals surface area contributed by atoms with Crippen molar-refractivity contribution in [1.29, 1.82) is 0 Å². The molecule has 7 nitrogen and oxygen atoms in total. The lowest BCUT2D eigenvalue weighted by Gasteiger charge is -2.54. The summed E-state index contributed by atoms with van der Waals surface area (Å²) in [6, 6.07) is 11.4. The Bertz CT molecular complexity index is 1250. The molecule has 34 heavy (non-hydrogen) atoms. The lowest BCUT2D eigenvalue weighted by atomic mass is 9.55. The minimum absolute atomic E-state index is 0.0799. The van der Waals surface area contributed by atoms with E-state index in [-0.39, 0.29) is 11.4 Å². The predicted octanol–water partition coefficient (Wildman–Crippen LogP) is 4.80. The van der Waals surface area contributed by atoms with Crippen molar-refractivity contribution in [2.24, 2.45) is 17.9 Å². The quantitative estimate of drug-likeness (QED) is 0.604. The highest BCUT2D eigenvalue weighted by atomic mass is 16.3. The molecule has 3 atom stereocenters. The van der Waals surface area contributed by atoms with Gasteiger partial charge in [-0.15, -0.1) is 10.2 Å². The van der Waals surface area contributed by atoms with Crippen LogP contribution in [0.2, 0.25) is 0 Å². The molecule has 7 heteroatoms. The van der Waals surface area contributed by atoms with E-state index in [4.69, 9.17) is 0 Å². The third kappa shape index (κ3) is 4.19. The summed E-state index contributed by atoms with van der Waals surface area (Å²) in [5, 5.41) is 19.6. The Morgan fingerprint density at radius 1 is 1.03 bits per heavy atom. The van der Waals surface area contributed by atoms with Gasteiger partial charge in [-0.05, 0) is 73.3 Å². The average molecular weight is 460 g/mol. The standard InChI is InChI=1S/C27H33N5O2/c1-26-11-5-12-27(2,17-26)16-19(15-26)32(4)24-9-8-22(29-30-24)20-7-6-18(14-23(20)33)21-10-13-31(3)25(34)28-21/h6-10,13-14,19,33H,5,11-12,15-17H2,1-4H3/t19?,26-,27+. The highest BCUT2D eigenvalue weighted by molar-refractivity contribution is 5.73. The Kier molecular flexibility index (Phi) is 5.46. The molecule has 2 saturated carbocycles. The molecule has 2 aliphatic carbocycles. The van der Waals surface area contributed by atoms with Crippen LogP contribution >= 0.6 is 0 Å². The molecule has 0 radical (unpaired) electrons. The molecule has 1 N–H and O–H groups in total. The number of aromatic hydroxyl groups is 1. The van der Waals surface area contributed by atoms with Crippen molar-refractivity contribution in [3.05, 3.63) is 53.1 Å². The van der Waals surface area contributed by atoms with Crippen LogP contribution < -0.4 is 10.6 Å². The van der Waals surface area contributed by atoms with Crippen LogP contribution in [0.15, 0.2) is 47.4 Å². The summed E-state index contributed by atoms with van der Waals surface area (Å²) >= 11 is 0. The molecule has 1 unspecified atom stereocenters. The van der Waals surface area contributed by atoms with Crippen molar-refractivity contribution >= 4 is 5.82 Å². The first-order valence-corrected chi connectivity index (χ1v) is 12.1. The second-order valence-corrected chi connectivity index (χ2v) is 11.0. The van der Waals surface area contributed by atoms with Gasteiger partial charge in [0, 0.05) is 37.5 Å². The van der Waals surface area contributed by atoms with E-state index in [0.717, 1.165) is 5.82 Å². The van der Waals surface area contributed by atoms with Gasteiger partial charge in [0.2, 0.25) is 0 Å². The first kappa shape index (κ1) is 22.6. The van der Waals surface area contributed by atoms with E-state index in [1.807, 2.05) is 18.2 Å². The molecule has 178 valence electrons. The summed E-state index contributed by atoms with van der Waals surface area (Å²) in [6.45, 7) is 4.91. The number of hydrogen-bond acceptors (Lipinski definition) is 6. The zero-order valence-corrected chi connectivity index (χ0v) is 20.5. The molecule has 2 aliphatic rings. The molecule has 0 spiro atoms. The number of aromatic nitrogens is 4. The molecular formula is C27H33N5O2. The highest BCUT2D eigenvalue weighted by Crippen LogP contribution is 2.56. The second-order valence-electron chi connectivity index (χ2n) is 11.0. The van der Waals surface area contributed by atoms with Gasteiger partial charge in [-0.25, -0.2) is 4.79 Å². The zero-order valence-electron chi connectivity index (χ0n) is 20.5. The summed E-state index contributed by atoms with van der Waals surface area (Å²) in [5.74, 6) is 0.942. The van der Waals surface area contributed by atoms with E-state index in [1.54, 1.807) is 31.4 Å². The number of benzene rings is 1. The zero-order chi connectivity index (χ0) is 24.1. The maximum Gasteiger partial charge on any atom is 0.347 e. The number of rotatable bonds is 4. The number of phenolic OH excluding ortho intramolecular Hbond substituents is 1. The van der Waals surface area contributed by atoms with Crippen LogP contribution in [0.4, 0.5) is 5.82 Å². The lowest BCUT2D eigenvalue weighted by molar-refractivity contribution is 0.0141. The van der Waals surface area contributed by atoms with Gasteiger partial charge in [-0.2, -0.15) is 4.98 Å². The lowest BCUT2D eigenvalue weighted by Crippen LogP contribution is -2.49. The van der Waals surface area contributed by atoms with E-state index in [1.165, 1.54) is 43.1 Å². The van der Waals surface area contributed by atoms with Crippen molar-refractivity contribution in [2.75, 3.05) is 11.9 Å². The largest absolute Gasteiger partial charge is 0.507 e. The summed E-state index contributed by atoms with van der Waals surface area (Å²) in [5.41, 5.74) is 2.90. The van der Waals surface area contributed by atoms with Crippen molar-refractivity contribution in [1.82, 2.24) is 19.7 Å². The smallest absolute Gasteiger partial charge is 0.347 e. The molecular weight excluding hydrogens is 426 g/mol. The molecule has 2 heterocycles. The van der Waals surface area contributed by atoms with Gasteiger partial charge in [0.05, 0.1) is 11.4 Å². The van der Waals surface area contributed by atoms with Gasteiger partial charge < -0.3 is 14.6 Å². The third-order valence-corrected chi connectivity index (χ3v) is 7.97. The molecule has 2 fully saturated rings. The van der Waals surface area contributed by atoms with Crippen LogP contribution in [-0.2, 0) is 7.05 Å². The Labute approximate surface area is 200 Å². The van der Waals surface area contributed by atoms with Crippen LogP contribution in [0, 0.1) is 10.8 Å². The molecule has 5 rings (SSSR count). The molecule has 2 bridgehead atoms. The summed E-state index contributed by atoms with van der Waals surface area (Å²) in [4.78, 5) is 18.2. The Morgan fingerprint density at radius 3 is 2.38 bits per heavy atom. The van der Waals surface area contributed by atoms with Crippen molar-refractivity contribution < 1.29 is 5.11 Å². The molecule has 2 aromatic heterocycles. The number of aryl methyl sites for hydroxylation is 1. The van der Waals surface area contributed by atoms with Gasteiger partial charge in [0.1, 0.15) is 5.75 Å².